The first-order chi connectivity index (χ1) is 10.7. The Bertz CT molecular complexity index is 622. The van der Waals surface area contributed by atoms with Crippen molar-refractivity contribution in [2.24, 2.45) is 0 Å². The minimum Gasteiger partial charge on any atom is -0.337 e. The van der Waals surface area contributed by atoms with E-state index in [0.717, 1.165) is 43.3 Å². The molecule has 1 fully saturated rings. The van der Waals surface area contributed by atoms with Crippen LogP contribution in [0, 0.1) is 0 Å². The SMILES string of the molecule is CCN1CCN(C(=O)/C=C2\Sc3ccccc3NC2=O)CC1. The second kappa shape index (κ2) is 6.54. The van der Waals surface area contributed by atoms with Gasteiger partial charge < -0.3 is 15.1 Å². The van der Waals surface area contributed by atoms with Gasteiger partial charge in [-0.15, -0.1) is 0 Å². The molecule has 3 rings (SSSR count). The smallest absolute Gasteiger partial charge is 0.262 e. The number of hydrogen-bond acceptors (Lipinski definition) is 4. The molecule has 0 aliphatic carbocycles. The van der Waals surface area contributed by atoms with Gasteiger partial charge in [-0.2, -0.15) is 0 Å². The van der Waals surface area contributed by atoms with Gasteiger partial charge in [0.2, 0.25) is 5.91 Å². The van der Waals surface area contributed by atoms with Crippen LogP contribution in [-0.2, 0) is 9.59 Å². The molecule has 0 atom stereocenters. The molecule has 2 aliphatic rings. The van der Waals surface area contributed by atoms with E-state index in [9.17, 15) is 9.59 Å². The molecule has 1 N–H and O–H groups in total. The Morgan fingerprint density at radius 2 is 2.00 bits per heavy atom. The summed E-state index contributed by atoms with van der Waals surface area (Å²) in [7, 11) is 0. The van der Waals surface area contributed by atoms with Crippen LogP contribution in [0.2, 0.25) is 0 Å². The average Bonchev–Trinajstić information content (AvgIpc) is 2.55. The molecule has 0 bridgehead atoms. The summed E-state index contributed by atoms with van der Waals surface area (Å²) in [6.07, 6.45) is 1.47. The molecule has 0 unspecified atom stereocenters. The number of likely N-dealkylation sites (N-methyl/N-ethyl adjacent to an activating group) is 1. The molecule has 0 saturated carbocycles. The molecule has 5 nitrogen and oxygen atoms in total. The lowest BCUT2D eigenvalue weighted by Crippen LogP contribution is -2.48. The molecule has 2 heterocycles. The number of anilines is 1. The van der Waals surface area contributed by atoms with E-state index >= 15 is 0 Å². The van der Waals surface area contributed by atoms with Gasteiger partial charge in [0.05, 0.1) is 10.6 Å². The standard InChI is InChI=1S/C16H19N3O2S/c1-2-18-7-9-19(10-8-18)15(20)11-14-16(21)17-12-5-3-4-6-13(12)22-14/h3-6,11H,2,7-10H2,1H3,(H,17,21)/b14-11-. The molecule has 1 aromatic carbocycles. The molecule has 1 aromatic rings. The number of hydrogen-bond donors (Lipinski definition) is 1. The van der Waals surface area contributed by atoms with Gasteiger partial charge in [0, 0.05) is 37.2 Å². The van der Waals surface area contributed by atoms with Gasteiger partial charge in [0.25, 0.3) is 5.91 Å². The summed E-state index contributed by atoms with van der Waals surface area (Å²) in [6.45, 7) is 6.37. The van der Waals surface area contributed by atoms with E-state index in [4.69, 9.17) is 0 Å². The van der Waals surface area contributed by atoms with Gasteiger partial charge in [-0.3, -0.25) is 9.59 Å². The molecule has 1 saturated heterocycles. The fourth-order valence-electron chi connectivity index (χ4n) is 2.59. The van der Waals surface area contributed by atoms with Gasteiger partial charge in [-0.1, -0.05) is 30.8 Å². The van der Waals surface area contributed by atoms with Crippen molar-refractivity contribution in [2.75, 3.05) is 38.0 Å². The molecule has 0 spiro atoms. The average molecular weight is 317 g/mol. The zero-order valence-electron chi connectivity index (χ0n) is 12.5. The summed E-state index contributed by atoms with van der Waals surface area (Å²) >= 11 is 1.35. The molecular formula is C16H19N3O2S. The Balaban J connectivity index is 1.70. The van der Waals surface area contributed by atoms with E-state index in [0.29, 0.717) is 4.91 Å². The van der Waals surface area contributed by atoms with Crippen LogP contribution in [0.1, 0.15) is 6.92 Å². The van der Waals surface area contributed by atoms with Crippen molar-refractivity contribution in [1.82, 2.24) is 9.80 Å². The third kappa shape index (κ3) is 3.18. The zero-order valence-corrected chi connectivity index (χ0v) is 13.4. The van der Waals surface area contributed by atoms with Gasteiger partial charge in [-0.25, -0.2) is 0 Å². The number of rotatable bonds is 2. The molecule has 6 heteroatoms. The number of carbonyl (C=O) groups excluding carboxylic acids is 2. The summed E-state index contributed by atoms with van der Waals surface area (Å²) < 4.78 is 0. The summed E-state index contributed by atoms with van der Waals surface area (Å²) in [5.41, 5.74) is 0.804. The van der Waals surface area contributed by atoms with Gasteiger partial charge >= 0.3 is 0 Å². The van der Waals surface area contributed by atoms with E-state index < -0.39 is 0 Å². The Hall–Kier alpha value is -1.79. The van der Waals surface area contributed by atoms with Crippen LogP contribution < -0.4 is 5.32 Å². The summed E-state index contributed by atoms with van der Waals surface area (Å²) in [5, 5.41) is 2.83. The van der Waals surface area contributed by atoms with Gasteiger partial charge in [-0.05, 0) is 18.7 Å². The Morgan fingerprint density at radius 3 is 2.73 bits per heavy atom. The van der Waals surface area contributed by atoms with Crippen LogP contribution in [0.5, 0.6) is 0 Å². The minimum absolute atomic E-state index is 0.0761. The number of para-hydroxylation sites is 1. The van der Waals surface area contributed by atoms with Crippen LogP contribution in [0.25, 0.3) is 0 Å². The fraction of sp³-hybridized carbons (Fsp3) is 0.375. The van der Waals surface area contributed by atoms with Crippen LogP contribution >= 0.6 is 11.8 Å². The van der Waals surface area contributed by atoms with Crippen molar-refractivity contribution in [3.8, 4) is 0 Å². The molecule has 22 heavy (non-hydrogen) atoms. The highest BCUT2D eigenvalue weighted by Gasteiger charge is 2.24. The maximum Gasteiger partial charge on any atom is 0.262 e. The molecular weight excluding hydrogens is 298 g/mol. The Kier molecular flexibility index (Phi) is 4.49. The number of fused-ring (bicyclic) bond motifs is 1. The highest BCUT2D eigenvalue weighted by atomic mass is 32.2. The topological polar surface area (TPSA) is 52.6 Å². The number of carbonyl (C=O) groups is 2. The maximum atomic E-state index is 12.4. The van der Waals surface area contributed by atoms with Gasteiger partial charge in [0.15, 0.2) is 0 Å². The van der Waals surface area contributed by atoms with Gasteiger partial charge in [0.1, 0.15) is 0 Å². The van der Waals surface area contributed by atoms with E-state index in [-0.39, 0.29) is 11.8 Å². The monoisotopic (exact) mass is 317 g/mol. The normalized spacial score (nSPS) is 20.7. The number of piperazine rings is 1. The van der Waals surface area contributed by atoms with Crippen molar-refractivity contribution in [3.05, 3.63) is 35.2 Å². The fourth-order valence-corrected chi connectivity index (χ4v) is 3.51. The van der Waals surface area contributed by atoms with E-state index in [1.807, 2.05) is 29.2 Å². The summed E-state index contributed by atoms with van der Waals surface area (Å²) in [4.78, 5) is 30.0. The molecule has 116 valence electrons. The quantitative estimate of drug-likeness (QED) is 0.845. The summed E-state index contributed by atoms with van der Waals surface area (Å²) in [6, 6.07) is 7.61. The lowest BCUT2D eigenvalue weighted by molar-refractivity contribution is -0.128. The Morgan fingerprint density at radius 1 is 1.27 bits per heavy atom. The minimum atomic E-state index is -0.204. The predicted molar refractivity (Wildman–Crippen MR) is 87.7 cm³/mol. The van der Waals surface area contributed by atoms with E-state index in [1.54, 1.807) is 0 Å². The Labute approximate surface area is 134 Å². The van der Waals surface area contributed by atoms with Crippen molar-refractivity contribution in [1.29, 1.82) is 0 Å². The number of thioether (sulfide) groups is 1. The number of nitrogens with zero attached hydrogens (tertiary/aromatic N) is 2. The maximum absolute atomic E-state index is 12.4. The second-order valence-corrected chi connectivity index (χ2v) is 6.40. The van der Waals surface area contributed by atoms with E-state index in [2.05, 4.69) is 17.1 Å². The summed E-state index contributed by atoms with van der Waals surface area (Å²) in [5.74, 6) is -0.281. The third-order valence-corrected chi connectivity index (χ3v) is 5.06. The van der Waals surface area contributed by atoms with E-state index in [1.165, 1.54) is 17.8 Å². The van der Waals surface area contributed by atoms with Crippen LogP contribution in [-0.4, -0.2) is 54.3 Å². The van der Waals surface area contributed by atoms with Crippen molar-refractivity contribution < 1.29 is 9.59 Å². The highest BCUT2D eigenvalue weighted by molar-refractivity contribution is 8.04. The number of nitrogens with one attached hydrogen (secondary N) is 1. The first kappa shape index (κ1) is 15.1. The molecule has 2 aliphatic heterocycles. The van der Waals surface area contributed by atoms with Crippen molar-refractivity contribution in [3.63, 3.8) is 0 Å². The van der Waals surface area contributed by atoms with Crippen molar-refractivity contribution in [2.45, 2.75) is 11.8 Å². The lowest BCUT2D eigenvalue weighted by atomic mass is 10.3. The first-order valence-corrected chi connectivity index (χ1v) is 8.30. The molecule has 0 aromatic heterocycles. The third-order valence-electron chi connectivity index (χ3n) is 3.96. The molecule has 2 amide bonds. The van der Waals surface area contributed by atoms with Crippen molar-refractivity contribution >= 4 is 29.3 Å². The van der Waals surface area contributed by atoms with Crippen LogP contribution in [0.3, 0.4) is 0 Å². The number of benzene rings is 1. The zero-order chi connectivity index (χ0) is 15.5. The first-order valence-electron chi connectivity index (χ1n) is 7.48. The van der Waals surface area contributed by atoms with Crippen LogP contribution in [0.4, 0.5) is 5.69 Å². The number of amides is 2. The second-order valence-electron chi connectivity index (χ2n) is 5.32. The lowest BCUT2D eigenvalue weighted by Gasteiger charge is -2.33. The van der Waals surface area contributed by atoms with Crippen LogP contribution in [0.15, 0.2) is 40.1 Å². The molecule has 0 radical (unpaired) electrons. The predicted octanol–water partition coefficient (Wildman–Crippen LogP) is 1.78. The highest BCUT2D eigenvalue weighted by Crippen LogP contribution is 2.37. The largest absolute Gasteiger partial charge is 0.337 e.